The van der Waals surface area contributed by atoms with Gasteiger partial charge in [-0.15, -0.1) is 0 Å². The molecule has 3 N–H and O–H groups in total. The minimum Gasteiger partial charge on any atom is -0.497 e. The summed E-state index contributed by atoms with van der Waals surface area (Å²) in [6.07, 6.45) is 3.00. The van der Waals surface area contributed by atoms with E-state index in [4.69, 9.17) is 10.5 Å². The fourth-order valence-electron chi connectivity index (χ4n) is 3.11. The Morgan fingerprint density at radius 1 is 1.28 bits per heavy atom. The third-order valence-electron chi connectivity index (χ3n) is 4.72. The molecule has 1 aromatic carbocycles. The van der Waals surface area contributed by atoms with Crippen LogP contribution in [0.1, 0.15) is 38.2 Å². The summed E-state index contributed by atoms with van der Waals surface area (Å²) < 4.78 is 5.12. The van der Waals surface area contributed by atoms with Crippen LogP contribution in [0, 0.1) is 5.92 Å². The van der Waals surface area contributed by atoms with Crippen molar-refractivity contribution in [3.05, 3.63) is 29.8 Å². The minimum absolute atomic E-state index is 0.0129. The lowest BCUT2D eigenvalue weighted by molar-refractivity contribution is -0.136. The Hall–Kier alpha value is -2.08. The van der Waals surface area contributed by atoms with Gasteiger partial charge >= 0.3 is 0 Å². The summed E-state index contributed by atoms with van der Waals surface area (Å²) in [5.41, 5.74) is 6.94. The summed E-state index contributed by atoms with van der Waals surface area (Å²) >= 11 is 0. The first-order chi connectivity index (χ1) is 12.0. The first-order valence-electron chi connectivity index (χ1n) is 9.00. The number of nitrogens with two attached hydrogens (primary N) is 1. The Bertz CT molecular complexity index is 566. The molecule has 1 unspecified atom stereocenters. The number of benzene rings is 1. The topological polar surface area (TPSA) is 84.7 Å². The van der Waals surface area contributed by atoms with Crippen LogP contribution in [-0.4, -0.2) is 43.0 Å². The van der Waals surface area contributed by atoms with Gasteiger partial charge in [0.15, 0.2) is 0 Å². The van der Waals surface area contributed by atoms with Crippen LogP contribution in [0.5, 0.6) is 5.75 Å². The minimum atomic E-state index is -0.412. The van der Waals surface area contributed by atoms with Gasteiger partial charge in [-0.25, -0.2) is 0 Å². The van der Waals surface area contributed by atoms with E-state index in [1.165, 1.54) is 0 Å². The molecule has 25 heavy (non-hydrogen) atoms. The van der Waals surface area contributed by atoms with E-state index in [9.17, 15) is 9.59 Å². The summed E-state index contributed by atoms with van der Waals surface area (Å²) in [6, 6.07) is 7.23. The van der Waals surface area contributed by atoms with Gasteiger partial charge in [0.2, 0.25) is 11.8 Å². The number of ether oxygens (including phenoxy) is 1. The predicted octanol–water partition coefficient (Wildman–Crippen LogP) is 1.68. The maximum atomic E-state index is 12.3. The van der Waals surface area contributed by atoms with Crippen molar-refractivity contribution < 1.29 is 14.3 Å². The maximum Gasteiger partial charge on any atom is 0.239 e. The summed E-state index contributed by atoms with van der Waals surface area (Å²) in [4.78, 5) is 26.4. The van der Waals surface area contributed by atoms with Crippen LogP contribution in [0.25, 0.3) is 0 Å². The Morgan fingerprint density at radius 2 is 1.92 bits per heavy atom. The van der Waals surface area contributed by atoms with Crippen molar-refractivity contribution in [3.8, 4) is 5.75 Å². The second kappa shape index (κ2) is 9.42. The molecule has 138 valence electrons. The van der Waals surface area contributed by atoms with Crippen LogP contribution in [0.15, 0.2) is 24.3 Å². The van der Waals surface area contributed by atoms with Gasteiger partial charge in [0, 0.05) is 25.6 Å². The number of methoxy groups -OCH3 is 1. The standard InChI is InChI=1S/C19H29N3O3/c1-3-4-17(20)19(24)22-11-9-15(10-12-22)18(23)21-13-14-5-7-16(25-2)8-6-14/h5-8,15,17H,3-4,9-13,20H2,1-2H3,(H,21,23). The summed E-state index contributed by atoms with van der Waals surface area (Å²) in [5, 5.41) is 2.99. The lowest BCUT2D eigenvalue weighted by atomic mass is 9.95. The van der Waals surface area contributed by atoms with Gasteiger partial charge in [0.25, 0.3) is 0 Å². The van der Waals surface area contributed by atoms with Crippen molar-refractivity contribution in [3.63, 3.8) is 0 Å². The molecule has 0 saturated carbocycles. The molecule has 1 saturated heterocycles. The summed E-state index contributed by atoms with van der Waals surface area (Å²) in [5.74, 6) is 0.831. The van der Waals surface area contributed by atoms with Gasteiger partial charge in [0.1, 0.15) is 5.75 Å². The molecule has 6 heteroatoms. The normalized spacial score (nSPS) is 16.4. The molecule has 2 amide bonds. The molecule has 6 nitrogen and oxygen atoms in total. The number of nitrogens with one attached hydrogen (secondary N) is 1. The number of likely N-dealkylation sites (tertiary alicyclic amines) is 1. The number of hydrogen-bond donors (Lipinski definition) is 2. The number of carbonyl (C=O) groups is 2. The molecule has 1 heterocycles. The van der Waals surface area contributed by atoms with Crippen molar-refractivity contribution in [2.75, 3.05) is 20.2 Å². The first-order valence-corrected chi connectivity index (χ1v) is 9.00. The Morgan fingerprint density at radius 3 is 2.48 bits per heavy atom. The highest BCUT2D eigenvalue weighted by Crippen LogP contribution is 2.19. The molecule has 1 aromatic rings. The van der Waals surface area contributed by atoms with Gasteiger partial charge in [0.05, 0.1) is 13.2 Å². The van der Waals surface area contributed by atoms with Crippen LogP contribution in [0.4, 0.5) is 0 Å². The average Bonchev–Trinajstić information content (AvgIpc) is 2.66. The molecule has 0 bridgehead atoms. The van der Waals surface area contributed by atoms with Crippen molar-refractivity contribution in [1.29, 1.82) is 0 Å². The zero-order valence-electron chi connectivity index (χ0n) is 15.2. The van der Waals surface area contributed by atoms with E-state index in [1.807, 2.05) is 31.2 Å². The first kappa shape index (κ1) is 19.2. The summed E-state index contributed by atoms with van der Waals surface area (Å²) in [6.45, 7) is 3.74. The van der Waals surface area contributed by atoms with Crippen molar-refractivity contribution in [2.24, 2.45) is 11.7 Å². The molecular formula is C19H29N3O3. The Kier molecular flexibility index (Phi) is 7.25. The van der Waals surface area contributed by atoms with Crippen LogP contribution in [-0.2, 0) is 16.1 Å². The highest BCUT2D eigenvalue weighted by atomic mass is 16.5. The highest BCUT2D eigenvalue weighted by Gasteiger charge is 2.29. The van der Waals surface area contributed by atoms with Gasteiger partial charge in [-0.2, -0.15) is 0 Å². The third kappa shape index (κ3) is 5.46. The lowest BCUT2D eigenvalue weighted by Crippen LogP contribution is -2.48. The number of piperidine rings is 1. The van der Waals surface area contributed by atoms with Crippen LogP contribution >= 0.6 is 0 Å². The summed E-state index contributed by atoms with van der Waals surface area (Å²) in [7, 11) is 1.63. The second-order valence-corrected chi connectivity index (χ2v) is 6.56. The molecular weight excluding hydrogens is 318 g/mol. The SMILES string of the molecule is CCCC(N)C(=O)N1CCC(C(=O)NCc2ccc(OC)cc2)CC1. The zero-order valence-corrected chi connectivity index (χ0v) is 15.2. The van der Waals surface area contributed by atoms with Gasteiger partial charge < -0.3 is 20.7 Å². The van der Waals surface area contributed by atoms with E-state index in [0.717, 1.165) is 17.7 Å². The number of carbonyl (C=O) groups excluding carboxylic acids is 2. The van der Waals surface area contributed by atoms with Crippen LogP contribution < -0.4 is 15.8 Å². The number of nitrogens with zero attached hydrogens (tertiary/aromatic N) is 1. The molecule has 1 aliphatic rings. The van der Waals surface area contributed by atoms with E-state index >= 15 is 0 Å². The van der Waals surface area contributed by atoms with Crippen molar-refractivity contribution >= 4 is 11.8 Å². The fourth-order valence-corrected chi connectivity index (χ4v) is 3.11. The molecule has 1 fully saturated rings. The van der Waals surface area contributed by atoms with Gasteiger partial charge in [-0.1, -0.05) is 25.5 Å². The van der Waals surface area contributed by atoms with Crippen molar-refractivity contribution in [1.82, 2.24) is 10.2 Å². The largest absolute Gasteiger partial charge is 0.497 e. The zero-order chi connectivity index (χ0) is 18.2. The molecule has 0 aromatic heterocycles. The van der Waals surface area contributed by atoms with E-state index in [0.29, 0.717) is 38.9 Å². The lowest BCUT2D eigenvalue weighted by Gasteiger charge is -2.33. The third-order valence-corrected chi connectivity index (χ3v) is 4.72. The number of rotatable bonds is 7. The van der Waals surface area contributed by atoms with Crippen LogP contribution in [0.3, 0.4) is 0 Å². The monoisotopic (exact) mass is 347 g/mol. The van der Waals surface area contributed by atoms with Crippen molar-refractivity contribution in [2.45, 2.75) is 45.2 Å². The fraction of sp³-hybridized carbons (Fsp3) is 0.579. The average molecular weight is 347 g/mol. The number of hydrogen-bond acceptors (Lipinski definition) is 4. The molecule has 0 radical (unpaired) electrons. The van der Waals surface area contributed by atoms with Gasteiger partial charge in [-0.05, 0) is 37.0 Å². The molecule has 1 atom stereocenters. The van der Waals surface area contributed by atoms with E-state index in [1.54, 1.807) is 12.0 Å². The van der Waals surface area contributed by atoms with Gasteiger partial charge in [-0.3, -0.25) is 9.59 Å². The maximum absolute atomic E-state index is 12.3. The smallest absolute Gasteiger partial charge is 0.239 e. The highest BCUT2D eigenvalue weighted by molar-refractivity contribution is 5.82. The van der Waals surface area contributed by atoms with E-state index < -0.39 is 6.04 Å². The second-order valence-electron chi connectivity index (χ2n) is 6.56. The Labute approximate surface area is 149 Å². The predicted molar refractivity (Wildman–Crippen MR) is 97.0 cm³/mol. The Balaban J connectivity index is 1.76. The van der Waals surface area contributed by atoms with Crippen LogP contribution in [0.2, 0.25) is 0 Å². The molecule has 1 aliphatic heterocycles. The van der Waals surface area contributed by atoms with E-state index in [2.05, 4.69) is 5.32 Å². The van der Waals surface area contributed by atoms with E-state index in [-0.39, 0.29) is 17.7 Å². The molecule has 0 spiro atoms. The molecule has 2 rings (SSSR count). The quantitative estimate of drug-likeness (QED) is 0.786. The molecule has 0 aliphatic carbocycles. The number of amides is 2.